The van der Waals surface area contributed by atoms with Crippen LogP contribution in [0.15, 0.2) is 66.7 Å². The Bertz CT molecular complexity index is 1770. The van der Waals surface area contributed by atoms with Gasteiger partial charge in [0, 0.05) is 64.3 Å². The van der Waals surface area contributed by atoms with Gasteiger partial charge in [-0.2, -0.15) is 0 Å². The lowest BCUT2D eigenvalue weighted by Crippen LogP contribution is -2.52. The second-order valence-electron chi connectivity index (χ2n) is 13.4. The lowest BCUT2D eigenvalue weighted by molar-refractivity contribution is -0.137. The molecule has 9 amide bonds. The number of unbranched alkanes of at least 4 members (excludes halogenated alkanes) is 3. The third kappa shape index (κ3) is 17.5. The third-order valence-electron chi connectivity index (χ3n) is 8.77. The maximum atomic E-state index is 13.2. The van der Waals surface area contributed by atoms with Gasteiger partial charge in [0.1, 0.15) is 12.6 Å². The predicted molar refractivity (Wildman–Crippen MR) is 211 cm³/mol. The van der Waals surface area contributed by atoms with E-state index < -0.39 is 48.9 Å². The molecule has 0 fully saturated rings. The minimum atomic E-state index is -1.08. The molecule has 1 heterocycles. The first-order chi connectivity index (χ1) is 27.8. The second-order valence-corrected chi connectivity index (χ2v) is 13.4. The molecule has 3 rings (SSSR count). The number of anilines is 1. The summed E-state index contributed by atoms with van der Waals surface area (Å²) in [5.74, 6) is -3.58. The first-order valence-corrected chi connectivity index (χ1v) is 19.0. The van der Waals surface area contributed by atoms with Crippen molar-refractivity contribution in [1.82, 2.24) is 36.4 Å². The Kier molecular flexibility index (Phi) is 19.6. The number of benzene rings is 2. The van der Waals surface area contributed by atoms with E-state index in [1.165, 1.54) is 17.1 Å². The van der Waals surface area contributed by atoms with Gasteiger partial charge in [-0.05, 0) is 48.9 Å². The smallest absolute Gasteiger partial charge is 0.409 e. The summed E-state index contributed by atoms with van der Waals surface area (Å²) in [6.45, 7) is -0.518. The van der Waals surface area contributed by atoms with E-state index >= 15 is 0 Å². The first kappa shape index (κ1) is 45.8. The SMILES string of the molecule is CNC(=O)CCCCN(C)C(=O)OCc1ccc(NC(=O)CNC(=O)[C@H](Cc2ccccc2)NC(=O)CNC(=O)CNC(=O)CCCCCN2C(=O)C=CC2=O)cc1. The minimum Gasteiger partial charge on any atom is -0.445 e. The maximum absolute atomic E-state index is 13.2. The van der Waals surface area contributed by atoms with Gasteiger partial charge in [0.2, 0.25) is 35.4 Å². The van der Waals surface area contributed by atoms with Crippen molar-refractivity contribution in [2.24, 2.45) is 0 Å². The quantitative estimate of drug-likeness (QED) is 0.0640. The lowest BCUT2D eigenvalue weighted by Gasteiger charge is -2.19. The van der Waals surface area contributed by atoms with Crippen LogP contribution < -0.4 is 31.9 Å². The summed E-state index contributed by atoms with van der Waals surface area (Å²) >= 11 is 0. The minimum absolute atomic E-state index is 0.0105. The number of hydrogen-bond acceptors (Lipinski definition) is 10. The molecule has 0 aromatic heterocycles. The molecule has 0 spiro atoms. The van der Waals surface area contributed by atoms with Crippen LogP contribution >= 0.6 is 0 Å². The number of carbonyl (C=O) groups excluding carboxylic acids is 9. The van der Waals surface area contributed by atoms with Gasteiger partial charge in [0.25, 0.3) is 11.8 Å². The summed E-state index contributed by atoms with van der Waals surface area (Å²) in [6.07, 6.45) is 5.47. The average Bonchev–Trinajstić information content (AvgIpc) is 3.54. The van der Waals surface area contributed by atoms with E-state index in [0.29, 0.717) is 56.3 Å². The summed E-state index contributed by atoms with van der Waals surface area (Å²) < 4.78 is 5.34. The molecule has 6 N–H and O–H groups in total. The number of imide groups is 1. The van der Waals surface area contributed by atoms with E-state index in [4.69, 9.17) is 4.74 Å². The van der Waals surface area contributed by atoms with E-state index in [1.807, 2.05) is 0 Å². The van der Waals surface area contributed by atoms with E-state index in [2.05, 4.69) is 31.9 Å². The summed E-state index contributed by atoms with van der Waals surface area (Å²) in [5.41, 5.74) is 1.86. The van der Waals surface area contributed by atoms with Crippen LogP contribution in [-0.4, -0.2) is 116 Å². The number of hydrogen-bond donors (Lipinski definition) is 6. The van der Waals surface area contributed by atoms with E-state index in [-0.39, 0.29) is 56.2 Å². The van der Waals surface area contributed by atoms with Crippen LogP contribution in [0.5, 0.6) is 0 Å². The molecule has 2 aromatic rings. The number of ether oxygens (including phenoxy) is 1. The van der Waals surface area contributed by atoms with Crippen LogP contribution in [0.4, 0.5) is 10.5 Å². The van der Waals surface area contributed by atoms with E-state index in [1.54, 1.807) is 68.7 Å². The zero-order valence-corrected chi connectivity index (χ0v) is 32.8. The molecule has 0 unspecified atom stereocenters. The fourth-order valence-electron chi connectivity index (χ4n) is 5.48. The van der Waals surface area contributed by atoms with Gasteiger partial charge in [-0.25, -0.2) is 4.79 Å². The van der Waals surface area contributed by atoms with Gasteiger partial charge >= 0.3 is 6.09 Å². The number of nitrogens with zero attached hydrogens (tertiary/aromatic N) is 2. The topological polar surface area (TPSA) is 242 Å². The summed E-state index contributed by atoms with van der Waals surface area (Å²) in [6, 6.07) is 14.4. The van der Waals surface area contributed by atoms with Crippen LogP contribution in [0.2, 0.25) is 0 Å². The van der Waals surface area contributed by atoms with Crippen molar-refractivity contribution < 1.29 is 47.9 Å². The Labute approximate surface area is 336 Å². The highest BCUT2D eigenvalue weighted by atomic mass is 16.6. The molecule has 312 valence electrons. The zero-order chi connectivity index (χ0) is 42.3. The third-order valence-corrected chi connectivity index (χ3v) is 8.77. The Morgan fingerprint density at radius 3 is 1.98 bits per heavy atom. The van der Waals surface area contributed by atoms with Crippen molar-refractivity contribution in [1.29, 1.82) is 0 Å². The fraction of sp³-hybridized carbons (Fsp3) is 0.425. The Morgan fingerprint density at radius 1 is 0.672 bits per heavy atom. The van der Waals surface area contributed by atoms with Crippen LogP contribution in [0.3, 0.4) is 0 Å². The summed E-state index contributed by atoms with van der Waals surface area (Å²) in [7, 11) is 3.19. The van der Waals surface area contributed by atoms with Crippen molar-refractivity contribution in [2.45, 2.75) is 64.0 Å². The van der Waals surface area contributed by atoms with Crippen molar-refractivity contribution in [2.75, 3.05) is 52.1 Å². The molecule has 1 aliphatic heterocycles. The maximum Gasteiger partial charge on any atom is 0.409 e. The molecular formula is C40H52N8O10. The van der Waals surface area contributed by atoms with Crippen molar-refractivity contribution in [3.63, 3.8) is 0 Å². The highest BCUT2D eigenvalue weighted by Crippen LogP contribution is 2.12. The molecule has 58 heavy (non-hydrogen) atoms. The summed E-state index contributed by atoms with van der Waals surface area (Å²) in [4.78, 5) is 112. The van der Waals surface area contributed by atoms with Crippen molar-refractivity contribution in [3.8, 4) is 0 Å². The van der Waals surface area contributed by atoms with Crippen LogP contribution in [-0.2, 0) is 56.1 Å². The standard InChI is InChI=1S/C40H52N8O10/c1-41-32(49)13-8-10-21-47(2)40(57)58-27-29-15-17-30(18-16-29)45-35(52)26-44-39(56)31(23-28-11-5-3-6-12-28)46-36(53)25-43-34(51)24-42-33(50)14-7-4-9-22-48-37(54)19-20-38(48)55/h3,5-6,11-12,15-20,31H,4,7-10,13-14,21-27H2,1-2H3,(H,41,49)(H,42,50)(H,43,51)(H,44,56)(H,45,52)(H,46,53)/t31-/m0/s1. The van der Waals surface area contributed by atoms with Crippen LogP contribution in [0, 0.1) is 0 Å². The van der Waals surface area contributed by atoms with Gasteiger partial charge in [-0.1, -0.05) is 48.9 Å². The molecule has 0 saturated carbocycles. The van der Waals surface area contributed by atoms with Gasteiger partial charge in [-0.3, -0.25) is 43.3 Å². The molecule has 2 aromatic carbocycles. The number of amides is 9. The molecule has 0 aliphatic carbocycles. The molecule has 1 atom stereocenters. The monoisotopic (exact) mass is 804 g/mol. The average molecular weight is 805 g/mol. The van der Waals surface area contributed by atoms with Crippen molar-refractivity contribution >= 4 is 59.0 Å². The lowest BCUT2D eigenvalue weighted by atomic mass is 10.1. The number of rotatable bonds is 24. The van der Waals surface area contributed by atoms with Gasteiger partial charge in [0.15, 0.2) is 0 Å². The number of carbonyl (C=O) groups is 9. The molecule has 0 saturated heterocycles. The van der Waals surface area contributed by atoms with Crippen LogP contribution in [0.1, 0.15) is 56.1 Å². The highest BCUT2D eigenvalue weighted by Gasteiger charge is 2.23. The molecule has 0 bridgehead atoms. The first-order valence-electron chi connectivity index (χ1n) is 19.0. The summed E-state index contributed by atoms with van der Waals surface area (Å²) in [5, 5.41) is 15.2. The largest absolute Gasteiger partial charge is 0.445 e. The Hall–Kier alpha value is -6.59. The highest BCUT2D eigenvalue weighted by molar-refractivity contribution is 6.12. The molecular weight excluding hydrogens is 752 g/mol. The number of nitrogens with one attached hydrogen (secondary N) is 6. The second kappa shape index (κ2) is 24.8. The Balaban J connectivity index is 1.36. The van der Waals surface area contributed by atoms with Gasteiger partial charge < -0.3 is 41.5 Å². The fourth-order valence-corrected chi connectivity index (χ4v) is 5.48. The zero-order valence-electron chi connectivity index (χ0n) is 32.8. The van der Waals surface area contributed by atoms with Gasteiger partial charge in [0.05, 0.1) is 19.6 Å². The van der Waals surface area contributed by atoms with Gasteiger partial charge in [-0.15, -0.1) is 0 Å². The normalized spacial score (nSPS) is 12.3. The molecule has 18 heteroatoms. The molecule has 18 nitrogen and oxygen atoms in total. The predicted octanol–water partition coefficient (Wildman–Crippen LogP) is 0.671. The van der Waals surface area contributed by atoms with Crippen LogP contribution in [0.25, 0.3) is 0 Å². The van der Waals surface area contributed by atoms with E-state index in [0.717, 1.165) is 10.5 Å². The van der Waals surface area contributed by atoms with Crippen molar-refractivity contribution in [3.05, 3.63) is 77.9 Å². The molecule has 1 aliphatic rings. The molecule has 0 radical (unpaired) electrons. The Morgan fingerprint density at radius 2 is 1.29 bits per heavy atom. The van der Waals surface area contributed by atoms with E-state index in [9.17, 15) is 43.2 Å².